The summed E-state index contributed by atoms with van der Waals surface area (Å²) < 4.78 is 5.77. The molecule has 2 aromatic rings. The van der Waals surface area contributed by atoms with E-state index in [4.69, 9.17) is 4.74 Å². The zero-order valence-electron chi connectivity index (χ0n) is 15.1. The lowest BCUT2D eigenvalue weighted by atomic mass is 10.2. The van der Waals surface area contributed by atoms with Crippen molar-refractivity contribution in [2.24, 2.45) is 0 Å². The van der Waals surface area contributed by atoms with Crippen molar-refractivity contribution in [3.8, 4) is 5.75 Å². The molecular weight excluding hydrogens is 324 g/mol. The topological polar surface area (TPSA) is 32.8 Å². The summed E-state index contributed by atoms with van der Waals surface area (Å²) >= 11 is 0. The Morgan fingerprint density at radius 2 is 1.54 bits per heavy atom. The average molecular weight is 350 g/mol. The summed E-state index contributed by atoms with van der Waals surface area (Å²) in [6, 6.07) is 17.7. The summed E-state index contributed by atoms with van der Waals surface area (Å²) in [6.45, 7) is 6.94. The van der Waals surface area contributed by atoms with Crippen molar-refractivity contribution in [3.05, 3.63) is 71.8 Å². The van der Waals surface area contributed by atoms with Crippen molar-refractivity contribution in [1.29, 1.82) is 0 Å². The fourth-order valence-corrected chi connectivity index (χ4v) is 3.03. The maximum atomic E-state index is 10.6. The Morgan fingerprint density at radius 3 is 2.23 bits per heavy atom. The van der Waals surface area contributed by atoms with Crippen LogP contribution in [0.3, 0.4) is 0 Å². The number of rotatable bonds is 8. The highest BCUT2D eigenvalue weighted by Crippen LogP contribution is 2.11. The quantitative estimate of drug-likeness (QED) is 0.685. The molecule has 1 aliphatic heterocycles. The molecule has 0 atom stereocenters. The molecule has 1 saturated heterocycles. The molecule has 3 rings (SSSR count). The van der Waals surface area contributed by atoms with Gasteiger partial charge in [0.1, 0.15) is 18.6 Å². The van der Waals surface area contributed by atoms with Crippen LogP contribution in [0.25, 0.3) is 6.08 Å². The Balaban J connectivity index is 1.32. The molecular formula is C22H26N2O2. The van der Waals surface area contributed by atoms with Crippen LogP contribution >= 0.6 is 0 Å². The lowest BCUT2D eigenvalue weighted by Crippen LogP contribution is -2.47. The number of aldehydes is 1. The van der Waals surface area contributed by atoms with E-state index < -0.39 is 0 Å². The van der Waals surface area contributed by atoms with Crippen LogP contribution in [0.4, 0.5) is 0 Å². The fraction of sp³-hybridized carbons (Fsp3) is 0.318. The highest BCUT2D eigenvalue weighted by Gasteiger charge is 2.15. The van der Waals surface area contributed by atoms with Crippen molar-refractivity contribution >= 4 is 12.4 Å². The van der Waals surface area contributed by atoms with Crippen LogP contribution in [0.15, 0.2) is 60.7 Å². The van der Waals surface area contributed by atoms with E-state index in [1.165, 1.54) is 5.56 Å². The maximum absolute atomic E-state index is 10.6. The lowest BCUT2D eigenvalue weighted by molar-refractivity contribution is 0.112. The van der Waals surface area contributed by atoms with Gasteiger partial charge in [-0.25, -0.2) is 0 Å². The summed E-state index contributed by atoms with van der Waals surface area (Å²) in [4.78, 5) is 15.6. The molecule has 0 unspecified atom stereocenters. The molecule has 0 radical (unpaired) electrons. The number of piperazine rings is 1. The van der Waals surface area contributed by atoms with Gasteiger partial charge in [0.25, 0.3) is 0 Å². The monoisotopic (exact) mass is 350 g/mol. The first-order valence-electron chi connectivity index (χ1n) is 9.18. The summed E-state index contributed by atoms with van der Waals surface area (Å²) in [5.41, 5.74) is 1.93. The summed E-state index contributed by atoms with van der Waals surface area (Å²) in [5, 5.41) is 0. The number of nitrogens with zero attached hydrogens (tertiary/aromatic N) is 2. The van der Waals surface area contributed by atoms with E-state index >= 15 is 0 Å². The zero-order chi connectivity index (χ0) is 18.0. The number of hydrogen-bond acceptors (Lipinski definition) is 4. The molecule has 0 saturated carbocycles. The molecule has 4 heteroatoms. The summed E-state index contributed by atoms with van der Waals surface area (Å²) in [7, 11) is 0. The van der Waals surface area contributed by atoms with Gasteiger partial charge in [-0.1, -0.05) is 42.5 Å². The SMILES string of the molecule is O=Cc1ccc(OCCN2CCN(CC=Cc3ccccc3)CC2)cc1. The average Bonchev–Trinajstić information content (AvgIpc) is 2.70. The minimum Gasteiger partial charge on any atom is -0.492 e. The lowest BCUT2D eigenvalue weighted by Gasteiger charge is -2.34. The Bertz CT molecular complexity index is 690. The number of ether oxygens (including phenoxy) is 1. The van der Waals surface area contributed by atoms with E-state index in [1.807, 2.05) is 18.2 Å². The Hall–Kier alpha value is -2.43. The van der Waals surface area contributed by atoms with Crippen LogP contribution in [0.2, 0.25) is 0 Å². The largest absolute Gasteiger partial charge is 0.492 e. The standard InChI is InChI=1S/C22H26N2O2/c25-19-21-8-10-22(11-9-21)26-18-17-24-15-13-23(14-16-24)12-4-7-20-5-2-1-3-6-20/h1-11,19H,12-18H2. The molecule has 0 bridgehead atoms. The fourth-order valence-electron chi connectivity index (χ4n) is 3.03. The minimum atomic E-state index is 0.675. The normalized spacial score (nSPS) is 16.0. The van der Waals surface area contributed by atoms with Crippen LogP contribution in [-0.2, 0) is 0 Å². The maximum Gasteiger partial charge on any atom is 0.150 e. The number of hydrogen-bond donors (Lipinski definition) is 0. The Morgan fingerprint density at radius 1 is 0.846 bits per heavy atom. The molecule has 1 heterocycles. The third-order valence-corrected chi connectivity index (χ3v) is 4.63. The van der Waals surface area contributed by atoms with Crippen molar-refractivity contribution in [1.82, 2.24) is 9.80 Å². The van der Waals surface area contributed by atoms with Gasteiger partial charge in [0, 0.05) is 44.8 Å². The Labute approximate surface area is 155 Å². The molecule has 0 spiro atoms. The minimum absolute atomic E-state index is 0.675. The molecule has 2 aromatic carbocycles. The third kappa shape index (κ3) is 5.83. The molecule has 1 fully saturated rings. The van der Waals surface area contributed by atoms with Gasteiger partial charge in [0.15, 0.2) is 0 Å². The predicted molar refractivity (Wildman–Crippen MR) is 106 cm³/mol. The van der Waals surface area contributed by atoms with Gasteiger partial charge in [0.05, 0.1) is 0 Å². The molecule has 4 nitrogen and oxygen atoms in total. The summed E-state index contributed by atoms with van der Waals surface area (Å²) in [6.07, 6.45) is 5.28. The number of carbonyl (C=O) groups excluding carboxylic acids is 1. The second-order valence-electron chi connectivity index (χ2n) is 6.49. The molecule has 1 aliphatic rings. The summed E-state index contributed by atoms with van der Waals surface area (Å²) in [5.74, 6) is 0.820. The van der Waals surface area contributed by atoms with Crippen LogP contribution < -0.4 is 4.74 Å². The Kier molecular flexibility index (Phi) is 6.99. The van der Waals surface area contributed by atoms with Gasteiger partial charge in [-0.3, -0.25) is 14.6 Å². The van der Waals surface area contributed by atoms with Crippen molar-refractivity contribution in [2.75, 3.05) is 45.9 Å². The van der Waals surface area contributed by atoms with Gasteiger partial charge in [-0.05, 0) is 29.8 Å². The molecule has 0 amide bonds. The van der Waals surface area contributed by atoms with Crippen LogP contribution in [-0.4, -0.2) is 62.0 Å². The van der Waals surface area contributed by atoms with Gasteiger partial charge >= 0.3 is 0 Å². The highest BCUT2D eigenvalue weighted by molar-refractivity contribution is 5.74. The van der Waals surface area contributed by atoms with E-state index in [2.05, 4.69) is 46.2 Å². The molecule has 136 valence electrons. The van der Waals surface area contributed by atoms with E-state index in [0.29, 0.717) is 12.2 Å². The zero-order valence-corrected chi connectivity index (χ0v) is 15.1. The van der Waals surface area contributed by atoms with E-state index in [1.54, 1.807) is 12.1 Å². The van der Waals surface area contributed by atoms with Gasteiger partial charge in [0.2, 0.25) is 0 Å². The van der Waals surface area contributed by atoms with E-state index in [0.717, 1.165) is 51.3 Å². The number of carbonyl (C=O) groups is 1. The first-order chi connectivity index (χ1) is 12.8. The van der Waals surface area contributed by atoms with Crippen molar-refractivity contribution in [3.63, 3.8) is 0 Å². The van der Waals surface area contributed by atoms with Crippen molar-refractivity contribution in [2.45, 2.75) is 0 Å². The van der Waals surface area contributed by atoms with E-state index in [9.17, 15) is 4.79 Å². The van der Waals surface area contributed by atoms with Crippen LogP contribution in [0, 0.1) is 0 Å². The molecule has 0 aliphatic carbocycles. The third-order valence-electron chi connectivity index (χ3n) is 4.63. The molecule has 0 N–H and O–H groups in total. The van der Waals surface area contributed by atoms with Gasteiger partial charge < -0.3 is 4.74 Å². The second kappa shape index (κ2) is 9.90. The predicted octanol–water partition coefficient (Wildman–Crippen LogP) is 3.21. The van der Waals surface area contributed by atoms with Gasteiger partial charge in [-0.2, -0.15) is 0 Å². The first kappa shape index (κ1) is 18.4. The van der Waals surface area contributed by atoms with Crippen molar-refractivity contribution < 1.29 is 9.53 Å². The second-order valence-corrected chi connectivity index (χ2v) is 6.49. The van der Waals surface area contributed by atoms with Crippen LogP contribution in [0.1, 0.15) is 15.9 Å². The van der Waals surface area contributed by atoms with Gasteiger partial charge in [-0.15, -0.1) is 0 Å². The number of benzene rings is 2. The smallest absolute Gasteiger partial charge is 0.150 e. The first-order valence-corrected chi connectivity index (χ1v) is 9.18. The van der Waals surface area contributed by atoms with E-state index in [-0.39, 0.29) is 0 Å². The highest BCUT2D eigenvalue weighted by atomic mass is 16.5. The molecule has 26 heavy (non-hydrogen) atoms. The van der Waals surface area contributed by atoms with Crippen LogP contribution in [0.5, 0.6) is 5.75 Å². The molecule has 0 aromatic heterocycles.